The van der Waals surface area contributed by atoms with Crippen LogP contribution < -0.4 is 10.9 Å². The summed E-state index contributed by atoms with van der Waals surface area (Å²) < 4.78 is 1.95. The first kappa shape index (κ1) is 16.4. The first-order chi connectivity index (χ1) is 11.5. The molecular weight excluding hydrogens is 302 g/mol. The van der Waals surface area contributed by atoms with Gasteiger partial charge in [0.1, 0.15) is 5.82 Å². The van der Waals surface area contributed by atoms with Crippen LogP contribution in [-0.2, 0) is 0 Å². The number of nitrogens with one attached hydrogen (secondary N) is 2. The molecule has 0 bridgehead atoms. The van der Waals surface area contributed by atoms with Crippen molar-refractivity contribution in [2.75, 3.05) is 0 Å². The molecule has 0 spiro atoms. The smallest absolute Gasteiger partial charge is 0.258 e. The SMILES string of the molecule is Cc1cnn(C(C)C(C)NC(C)c2nc3ccccc3c(=O)[nH]2)c1. The van der Waals surface area contributed by atoms with Crippen LogP contribution in [0.2, 0.25) is 0 Å². The summed E-state index contributed by atoms with van der Waals surface area (Å²) in [5.41, 5.74) is 1.75. The molecule has 3 atom stereocenters. The first-order valence-electron chi connectivity index (χ1n) is 8.21. The fraction of sp³-hybridized carbons (Fsp3) is 0.389. The summed E-state index contributed by atoms with van der Waals surface area (Å²) in [6.07, 6.45) is 3.89. The summed E-state index contributed by atoms with van der Waals surface area (Å²) in [5, 5.41) is 8.49. The molecule has 6 heteroatoms. The Morgan fingerprint density at radius 3 is 2.67 bits per heavy atom. The second-order valence-corrected chi connectivity index (χ2v) is 6.38. The number of hydrogen-bond acceptors (Lipinski definition) is 4. The summed E-state index contributed by atoms with van der Waals surface area (Å²) >= 11 is 0. The lowest BCUT2D eigenvalue weighted by molar-refractivity contribution is 0.337. The molecule has 0 aliphatic heterocycles. The van der Waals surface area contributed by atoms with Crippen LogP contribution >= 0.6 is 0 Å². The predicted octanol–water partition coefficient (Wildman–Crippen LogP) is 2.73. The van der Waals surface area contributed by atoms with Crippen molar-refractivity contribution in [3.8, 4) is 0 Å². The Hall–Kier alpha value is -2.47. The Balaban J connectivity index is 1.79. The molecule has 1 aromatic carbocycles. The van der Waals surface area contributed by atoms with Gasteiger partial charge in [-0.15, -0.1) is 0 Å². The van der Waals surface area contributed by atoms with E-state index in [1.54, 1.807) is 6.07 Å². The zero-order chi connectivity index (χ0) is 17.3. The fourth-order valence-electron chi connectivity index (χ4n) is 2.81. The van der Waals surface area contributed by atoms with Crippen LogP contribution in [0.15, 0.2) is 41.5 Å². The minimum atomic E-state index is -0.104. The highest BCUT2D eigenvalue weighted by Gasteiger charge is 2.19. The molecule has 126 valence electrons. The number of benzene rings is 1. The van der Waals surface area contributed by atoms with Crippen LogP contribution in [0.5, 0.6) is 0 Å². The molecule has 2 heterocycles. The number of aromatic amines is 1. The van der Waals surface area contributed by atoms with E-state index in [0.29, 0.717) is 16.7 Å². The Bertz CT molecular complexity index is 898. The van der Waals surface area contributed by atoms with Crippen molar-refractivity contribution in [2.45, 2.75) is 45.8 Å². The Kier molecular flexibility index (Phi) is 4.49. The van der Waals surface area contributed by atoms with E-state index >= 15 is 0 Å². The molecule has 3 aromatic rings. The number of fused-ring (bicyclic) bond motifs is 1. The molecule has 24 heavy (non-hydrogen) atoms. The zero-order valence-electron chi connectivity index (χ0n) is 14.4. The van der Waals surface area contributed by atoms with Crippen molar-refractivity contribution in [3.63, 3.8) is 0 Å². The number of aryl methyl sites for hydroxylation is 1. The largest absolute Gasteiger partial charge is 0.309 e. The van der Waals surface area contributed by atoms with E-state index in [1.165, 1.54) is 0 Å². The standard InChI is InChI=1S/C18H23N5O/c1-11-9-19-23(10-11)14(4)12(2)20-13(3)17-21-16-8-6-5-7-15(16)18(24)22-17/h5-10,12-14,20H,1-4H3,(H,21,22,24). The number of rotatable bonds is 5. The number of para-hydroxylation sites is 1. The second-order valence-electron chi connectivity index (χ2n) is 6.38. The third-order valence-corrected chi connectivity index (χ3v) is 4.43. The molecule has 3 rings (SSSR count). The zero-order valence-corrected chi connectivity index (χ0v) is 14.4. The fourth-order valence-corrected chi connectivity index (χ4v) is 2.81. The van der Waals surface area contributed by atoms with Gasteiger partial charge in [-0.25, -0.2) is 4.98 Å². The Morgan fingerprint density at radius 1 is 1.21 bits per heavy atom. The van der Waals surface area contributed by atoms with Crippen molar-refractivity contribution < 1.29 is 0 Å². The van der Waals surface area contributed by atoms with Crippen molar-refractivity contribution in [2.24, 2.45) is 0 Å². The molecular formula is C18H23N5O. The van der Waals surface area contributed by atoms with Gasteiger partial charge in [-0.05, 0) is 45.4 Å². The minimum Gasteiger partial charge on any atom is -0.309 e. The van der Waals surface area contributed by atoms with Gasteiger partial charge in [-0.3, -0.25) is 9.48 Å². The topological polar surface area (TPSA) is 75.6 Å². The van der Waals surface area contributed by atoms with Gasteiger partial charge in [0.15, 0.2) is 0 Å². The van der Waals surface area contributed by atoms with Crippen molar-refractivity contribution in [3.05, 3.63) is 58.4 Å². The normalized spacial score (nSPS) is 15.3. The van der Waals surface area contributed by atoms with E-state index in [1.807, 2.05) is 49.1 Å². The summed E-state index contributed by atoms with van der Waals surface area (Å²) in [5.74, 6) is 0.648. The lowest BCUT2D eigenvalue weighted by Gasteiger charge is -2.25. The van der Waals surface area contributed by atoms with Gasteiger partial charge in [0.25, 0.3) is 5.56 Å². The van der Waals surface area contributed by atoms with Gasteiger partial charge >= 0.3 is 0 Å². The maximum Gasteiger partial charge on any atom is 0.258 e. The number of nitrogens with zero attached hydrogens (tertiary/aromatic N) is 3. The van der Waals surface area contributed by atoms with Crippen LogP contribution in [-0.4, -0.2) is 25.8 Å². The van der Waals surface area contributed by atoms with Crippen LogP contribution in [0.3, 0.4) is 0 Å². The molecule has 0 radical (unpaired) electrons. The number of H-pyrrole nitrogens is 1. The summed E-state index contributed by atoms with van der Waals surface area (Å²) in [7, 11) is 0. The number of hydrogen-bond donors (Lipinski definition) is 2. The lowest BCUT2D eigenvalue weighted by atomic mass is 10.1. The molecule has 3 unspecified atom stereocenters. The average molecular weight is 325 g/mol. The Labute approximate surface area is 140 Å². The molecule has 6 nitrogen and oxygen atoms in total. The monoisotopic (exact) mass is 325 g/mol. The molecule has 0 aliphatic carbocycles. The van der Waals surface area contributed by atoms with E-state index in [2.05, 4.69) is 34.2 Å². The summed E-state index contributed by atoms with van der Waals surface area (Å²) in [6, 6.07) is 7.66. The molecule has 0 amide bonds. The van der Waals surface area contributed by atoms with Crippen LogP contribution in [0, 0.1) is 6.92 Å². The molecule has 0 aliphatic rings. The number of aromatic nitrogens is 4. The highest BCUT2D eigenvalue weighted by atomic mass is 16.1. The predicted molar refractivity (Wildman–Crippen MR) is 95.1 cm³/mol. The molecule has 0 fully saturated rings. The van der Waals surface area contributed by atoms with E-state index in [9.17, 15) is 4.79 Å². The molecule has 0 saturated heterocycles. The van der Waals surface area contributed by atoms with Crippen molar-refractivity contribution in [1.29, 1.82) is 0 Å². The quantitative estimate of drug-likeness (QED) is 0.756. The third kappa shape index (κ3) is 3.23. The maximum absolute atomic E-state index is 12.2. The molecule has 2 aromatic heterocycles. The summed E-state index contributed by atoms with van der Waals surface area (Å²) in [6.45, 7) is 8.26. The van der Waals surface area contributed by atoms with Crippen LogP contribution in [0.1, 0.15) is 44.2 Å². The highest BCUT2D eigenvalue weighted by molar-refractivity contribution is 5.77. The maximum atomic E-state index is 12.2. The van der Waals surface area contributed by atoms with Gasteiger partial charge in [-0.2, -0.15) is 5.10 Å². The van der Waals surface area contributed by atoms with Crippen molar-refractivity contribution in [1.82, 2.24) is 25.1 Å². The molecule has 0 saturated carbocycles. The van der Waals surface area contributed by atoms with Gasteiger partial charge in [0, 0.05) is 12.2 Å². The van der Waals surface area contributed by atoms with E-state index in [-0.39, 0.29) is 23.7 Å². The van der Waals surface area contributed by atoms with E-state index < -0.39 is 0 Å². The molecule has 2 N–H and O–H groups in total. The minimum absolute atomic E-state index is 0.0728. The summed E-state index contributed by atoms with van der Waals surface area (Å²) in [4.78, 5) is 19.7. The first-order valence-corrected chi connectivity index (χ1v) is 8.21. The average Bonchev–Trinajstić information content (AvgIpc) is 3.00. The van der Waals surface area contributed by atoms with E-state index in [0.717, 1.165) is 5.56 Å². The Morgan fingerprint density at radius 2 is 1.96 bits per heavy atom. The van der Waals surface area contributed by atoms with Gasteiger partial charge in [0.05, 0.1) is 29.2 Å². The van der Waals surface area contributed by atoms with Gasteiger partial charge in [-0.1, -0.05) is 12.1 Å². The van der Waals surface area contributed by atoms with Gasteiger partial charge in [0.2, 0.25) is 0 Å². The lowest BCUT2D eigenvalue weighted by Crippen LogP contribution is -2.37. The highest BCUT2D eigenvalue weighted by Crippen LogP contribution is 2.16. The van der Waals surface area contributed by atoms with Crippen LogP contribution in [0.4, 0.5) is 0 Å². The third-order valence-electron chi connectivity index (χ3n) is 4.43. The second kappa shape index (κ2) is 6.57. The van der Waals surface area contributed by atoms with Gasteiger partial charge < -0.3 is 10.3 Å². The van der Waals surface area contributed by atoms with Crippen LogP contribution in [0.25, 0.3) is 10.9 Å². The van der Waals surface area contributed by atoms with Crippen molar-refractivity contribution >= 4 is 10.9 Å². The van der Waals surface area contributed by atoms with E-state index in [4.69, 9.17) is 0 Å².